The fourth-order valence-electron chi connectivity index (χ4n) is 2.94. The molecule has 3 aromatic rings. The summed E-state index contributed by atoms with van der Waals surface area (Å²) in [6.45, 7) is 6.12. The number of hydrogen-bond donors (Lipinski definition) is 0. The van der Waals surface area contributed by atoms with Crippen LogP contribution < -0.4 is 4.90 Å². The monoisotopic (exact) mass is 383 g/mol. The number of aryl methyl sites for hydroxylation is 1. The fraction of sp³-hybridized carbons (Fsp3) is 0.333. The summed E-state index contributed by atoms with van der Waals surface area (Å²) in [6, 6.07) is 14.2. The van der Waals surface area contributed by atoms with Crippen molar-refractivity contribution in [2.45, 2.75) is 33.1 Å². The summed E-state index contributed by atoms with van der Waals surface area (Å²) < 4.78 is 1.13. The van der Waals surface area contributed by atoms with Gasteiger partial charge in [0, 0.05) is 18.1 Å². The standard InChI is InChI=1S/C21H22ClN3S/c1-3-4-10-25(11-9-16-5-6-17(14-23)15(2)12-16)21-24-19-8-7-18(22)13-20(19)26-21/h5-8,12-13H,3-4,9-11H2,1-2H3. The Kier molecular flexibility index (Phi) is 6.13. The van der Waals surface area contributed by atoms with E-state index in [0.29, 0.717) is 0 Å². The largest absolute Gasteiger partial charge is 0.348 e. The molecule has 2 aromatic carbocycles. The molecule has 134 valence electrons. The first-order chi connectivity index (χ1) is 12.6. The van der Waals surface area contributed by atoms with Gasteiger partial charge in [-0.2, -0.15) is 5.26 Å². The Morgan fingerprint density at radius 3 is 2.77 bits per heavy atom. The lowest BCUT2D eigenvalue weighted by molar-refractivity contribution is 0.710. The molecule has 3 rings (SSSR count). The molecule has 0 N–H and O–H groups in total. The molecule has 0 aliphatic carbocycles. The van der Waals surface area contributed by atoms with Gasteiger partial charge in [0.1, 0.15) is 0 Å². The number of thiazole rings is 1. The zero-order valence-electron chi connectivity index (χ0n) is 15.1. The van der Waals surface area contributed by atoms with Crippen LogP contribution in [0, 0.1) is 18.3 Å². The number of nitrogens with zero attached hydrogens (tertiary/aromatic N) is 3. The third-order valence-electron chi connectivity index (χ3n) is 4.47. The minimum Gasteiger partial charge on any atom is -0.348 e. The molecule has 0 bridgehead atoms. The van der Waals surface area contributed by atoms with Crippen LogP contribution in [0.2, 0.25) is 5.02 Å². The summed E-state index contributed by atoms with van der Waals surface area (Å²) in [4.78, 5) is 7.18. The van der Waals surface area contributed by atoms with Gasteiger partial charge < -0.3 is 4.90 Å². The minimum absolute atomic E-state index is 0.750. The zero-order valence-corrected chi connectivity index (χ0v) is 16.7. The maximum Gasteiger partial charge on any atom is 0.186 e. The minimum atomic E-state index is 0.750. The van der Waals surface area contributed by atoms with Crippen LogP contribution in [-0.4, -0.2) is 18.1 Å². The number of halogens is 1. The maximum absolute atomic E-state index is 9.09. The Labute approximate surface area is 163 Å². The van der Waals surface area contributed by atoms with Crippen molar-refractivity contribution in [1.29, 1.82) is 5.26 Å². The molecule has 0 unspecified atom stereocenters. The number of aromatic nitrogens is 1. The first kappa shape index (κ1) is 18.7. The molecule has 3 nitrogen and oxygen atoms in total. The summed E-state index contributed by atoms with van der Waals surface area (Å²) >= 11 is 7.82. The van der Waals surface area contributed by atoms with Crippen molar-refractivity contribution in [3.63, 3.8) is 0 Å². The molecule has 1 aromatic heterocycles. The summed E-state index contributed by atoms with van der Waals surface area (Å²) in [5, 5.41) is 10.9. The lowest BCUT2D eigenvalue weighted by Gasteiger charge is -2.21. The van der Waals surface area contributed by atoms with Gasteiger partial charge in [0.05, 0.1) is 21.8 Å². The van der Waals surface area contributed by atoms with E-state index < -0.39 is 0 Å². The van der Waals surface area contributed by atoms with E-state index in [9.17, 15) is 0 Å². The van der Waals surface area contributed by atoms with Crippen molar-refractivity contribution in [2.24, 2.45) is 0 Å². The van der Waals surface area contributed by atoms with E-state index in [4.69, 9.17) is 21.8 Å². The predicted molar refractivity (Wildman–Crippen MR) is 111 cm³/mol. The second-order valence-electron chi connectivity index (χ2n) is 6.46. The topological polar surface area (TPSA) is 39.9 Å². The van der Waals surface area contributed by atoms with E-state index in [2.05, 4.69) is 30.0 Å². The summed E-state index contributed by atoms with van der Waals surface area (Å²) in [5.41, 5.74) is 4.05. The molecule has 0 aliphatic rings. The van der Waals surface area contributed by atoms with Gasteiger partial charge in [0.2, 0.25) is 0 Å². The molecule has 0 saturated carbocycles. The number of nitriles is 1. The molecule has 0 aliphatic heterocycles. The summed E-state index contributed by atoms with van der Waals surface area (Å²) in [6.07, 6.45) is 3.24. The Balaban J connectivity index is 1.78. The van der Waals surface area contributed by atoms with Gasteiger partial charge in [-0.3, -0.25) is 0 Å². The van der Waals surface area contributed by atoms with E-state index in [-0.39, 0.29) is 0 Å². The van der Waals surface area contributed by atoms with Gasteiger partial charge in [0.25, 0.3) is 0 Å². The van der Waals surface area contributed by atoms with Crippen molar-refractivity contribution in [3.05, 3.63) is 58.1 Å². The van der Waals surface area contributed by atoms with Crippen LogP contribution in [-0.2, 0) is 6.42 Å². The smallest absolute Gasteiger partial charge is 0.186 e. The SMILES string of the molecule is CCCCN(CCc1ccc(C#N)c(C)c1)c1nc2ccc(Cl)cc2s1. The summed E-state index contributed by atoms with van der Waals surface area (Å²) in [7, 11) is 0. The van der Waals surface area contributed by atoms with Crippen molar-refractivity contribution >= 4 is 38.3 Å². The molecule has 1 heterocycles. The highest BCUT2D eigenvalue weighted by molar-refractivity contribution is 7.22. The molecule has 0 atom stereocenters. The second-order valence-corrected chi connectivity index (χ2v) is 7.91. The molecular formula is C21H22ClN3S. The van der Waals surface area contributed by atoms with Crippen LogP contribution in [0.25, 0.3) is 10.2 Å². The first-order valence-electron chi connectivity index (χ1n) is 8.91. The third-order valence-corrected chi connectivity index (χ3v) is 5.79. The molecular weight excluding hydrogens is 362 g/mol. The Morgan fingerprint density at radius 1 is 1.19 bits per heavy atom. The number of benzene rings is 2. The van der Waals surface area contributed by atoms with E-state index >= 15 is 0 Å². The van der Waals surface area contributed by atoms with Gasteiger partial charge >= 0.3 is 0 Å². The lowest BCUT2D eigenvalue weighted by atomic mass is 10.0. The average molecular weight is 384 g/mol. The highest BCUT2D eigenvalue weighted by Crippen LogP contribution is 2.31. The normalized spacial score (nSPS) is 10.8. The van der Waals surface area contributed by atoms with Crippen molar-refractivity contribution in [3.8, 4) is 6.07 Å². The van der Waals surface area contributed by atoms with Crippen LogP contribution in [0.15, 0.2) is 36.4 Å². The van der Waals surface area contributed by atoms with Crippen molar-refractivity contribution in [1.82, 2.24) is 4.98 Å². The van der Waals surface area contributed by atoms with Crippen molar-refractivity contribution in [2.75, 3.05) is 18.0 Å². The van der Waals surface area contributed by atoms with Crippen LogP contribution in [0.5, 0.6) is 0 Å². The van der Waals surface area contributed by atoms with Crippen molar-refractivity contribution < 1.29 is 0 Å². The van der Waals surface area contributed by atoms with E-state index in [1.165, 1.54) is 5.56 Å². The zero-order chi connectivity index (χ0) is 18.5. The van der Waals surface area contributed by atoms with Crippen LogP contribution >= 0.6 is 22.9 Å². The second kappa shape index (κ2) is 8.53. The highest BCUT2D eigenvalue weighted by Gasteiger charge is 2.13. The third kappa shape index (κ3) is 4.35. The van der Waals surface area contributed by atoms with Crippen LogP contribution in [0.1, 0.15) is 36.5 Å². The number of hydrogen-bond acceptors (Lipinski definition) is 4. The molecule has 0 fully saturated rings. The molecule has 0 radical (unpaired) electrons. The van der Waals surface area contributed by atoms with Gasteiger partial charge in [-0.1, -0.05) is 48.4 Å². The van der Waals surface area contributed by atoms with Gasteiger partial charge in [-0.15, -0.1) is 0 Å². The molecule has 0 spiro atoms. The van der Waals surface area contributed by atoms with Crippen LogP contribution in [0.3, 0.4) is 0 Å². The number of anilines is 1. The predicted octanol–water partition coefficient (Wildman–Crippen LogP) is 5.98. The van der Waals surface area contributed by atoms with E-state index in [1.54, 1.807) is 11.3 Å². The van der Waals surface area contributed by atoms with E-state index in [0.717, 1.165) is 63.8 Å². The van der Waals surface area contributed by atoms with Gasteiger partial charge in [-0.05, 0) is 55.2 Å². The number of fused-ring (bicyclic) bond motifs is 1. The average Bonchev–Trinajstić information content (AvgIpc) is 3.04. The summed E-state index contributed by atoms with van der Waals surface area (Å²) in [5.74, 6) is 0. The Hall–Kier alpha value is -2.09. The molecule has 26 heavy (non-hydrogen) atoms. The maximum atomic E-state index is 9.09. The molecule has 0 amide bonds. The highest BCUT2D eigenvalue weighted by atomic mass is 35.5. The number of unbranched alkanes of at least 4 members (excludes halogenated alkanes) is 1. The van der Waals surface area contributed by atoms with E-state index in [1.807, 2.05) is 31.2 Å². The van der Waals surface area contributed by atoms with Crippen LogP contribution in [0.4, 0.5) is 5.13 Å². The fourth-order valence-corrected chi connectivity index (χ4v) is 4.24. The molecule has 5 heteroatoms. The first-order valence-corrected chi connectivity index (χ1v) is 10.1. The van der Waals surface area contributed by atoms with Gasteiger partial charge in [0.15, 0.2) is 5.13 Å². The number of rotatable bonds is 7. The molecule has 0 saturated heterocycles. The lowest BCUT2D eigenvalue weighted by Crippen LogP contribution is -2.26. The Bertz CT molecular complexity index is 942. The van der Waals surface area contributed by atoms with Gasteiger partial charge in [-0.25, -0.2) is 4.98 Å². The Morgan fingerprint density at radius 2 is 2.04 bits per heavy atom. The quantitative estimate of drug-likeness (QED) is 0.503.